The van der Waals surface area contributed by atoms with Gasteiger partial charge in [0.15, 0.2) is 5.06 Å². The van der Waals surface area contributed by atoms with Crippen LogP contribution in [0.5, 0.6) is 5.06 Å². The second-order valence-electron chi connectivity index (χ2n) is 3.91. The van der Waals surface area contributed by atoms with Crippen LogP contribution in [0.4, 0.5) is 10.1 Å². The Morgan fingerprint density at radius 3 is 2.50 bits per heavy atom. The summed E-state index contributed by atoms with van der Waals surface area (Å²) in [7, 11) is 1.68. The van der Waals surface area contributed by atoms with Gasteiger partial charge >= 0.3 is 0 Å². The Hall–Kier alpha value is -1.57. The fourth-order valence-electron chi connectivity index (χ4n) is 1.56. The summed E-state index contributed by atoms with van der Waals surface area (Å²) in [6.45, 7) is 2.00. The molecule has 0 spiro atoms. The summed E-state index contributed by atoms with van der Waals surface area (Å²) in [5.74, 6) is 0. The normalized spacial score (nSPS) is 11.3. The largest absolute Gasteiger partial charge is 0.487 e. The third-order valence-electron chi connectivity index (χ3n) is 2.46. The number of thiophene rings is 2. The summed E-state index contributed by atoms with van der Waals surface area (Å²) in [5, 5.41) is 10.9. The SMILES string of the molecule is COc1ccc(-c2ccc(/N=N/c3ncc(C)s3)s2)s1. The maximum atomic E-state index is 5.21. The third kappa shape index (κ3) is 2.95. The Balaban J connectivity index is 1.78. The molecule has 0 radical (unpaired) electrons. The predicted molar refractivity (Wildman–Crippen MR) is 85.2 cm³/mol. The Bertz CT molecular complexity index is 741. The van der Waals surface area contributed by atoms with Crippen LogP contribution >= 0.6 is 34.0 Å². The van der Waals surface area contributed by atoms with Crippen LogP contribution in [0.3, 0.4) is 0 Å². The summed E-state index contributed by atoms with van der Waals surface area (Å²) in [5.41, 5.74) is 0. The average molecular weight is 321 g/mol. The predicted octanol–water partition coefficient (Wildman–Crippen LogP) is 5.67. The van der Waals surface area contributed by atoms with Crippen LogP contribution in [0, 0.1) is 6.92 Å². The van der Waals surface area contributed by atoms with Crippen molar-refractivity contribution in [2.75, 3.05) is 7.11 Å². The van der Waals surface area contributed by atoms with Crippen LogP contribution in [0.25, 0.3) is 9.75 Å². The molecule has 0 aliphatic rings. The number of methoxy groups -OCH3 is 1. The van der Waals surface area contributed by atoms with Crippen molar-refractivity contribution in [2.24, 2.45) is 10.2 Å². The molecule has 0 bridgehead atoms. The molecule has 0 aromatic carbocycles. The minimum atomic E-state index is 0.690. The van der Waals surface area contributed by atoms with E-state index in [9.17, 15) is 0 Å². The molecule has 0 unspecified atom stereocenters. The number of hydrogen-bond donors (Lipinski definition) is 0. The van der Waals surface area contributed by atoms with Gasteiger partial charge in [0.1, 0.15) is 5.00 Å². The lowest BCUT2D eigenvalue weighted by molar-refractivity contribution is 0.427. The van der Waals surface area contributed by atoms with E-state index in [2.05, 4.69) is 27.3 Å². The molecule has 0 saturated carbocycles. The van der Waals surface area contributed by atoms with Crippen molar-refractivity contribution in [3.8, 4) is 14.8 Å². The van der Waals surface area contributed by atoms with Crippen molar-refractivity contribution >= 4 is 44.1 Å². The second kappa shape index (κ2) is 5.82. The first-order chi connectivity index (χ1) is 9.74. The number of rotatable bonds is 4. The molecular weight excluding hydrogens is 310 g/mol. The number of aromatic nitrogens is 1. The average Bonchev–Trinajstić information content (AvgIpc) is 3.16. The molecule has 0 aliphatic heterocycles. The lowest BCUT2D eigenvalue weighted by Crippen LogP contribution is -1.73. The van der Waals surface area contributed by atoms with Gasteiger partial charge in [-0.05, 0) is 31.2 Å². The number of aryl methyl sites for hydroxylation is 1. The van der Waals surface area contributed by atoms with E-state index >= 15 is 0 Å². The highest BCUT2D eigenvalue weighted by molar-refractivity contribution is 7.24. The first kappa shape index (κ1) is 13.4. The molecule has 3 aromatic heterocycles. The fourth-order valence-corrected chi connectivity index (χ4v) is 3.88. The van der Waals surface area contributed by atoms with Crippen LogP contribution in [-0.4, -0.2) is 12.1 Å². The van der Waals surface area contributed by atoms with Gasteiger partial charge in [-0.15, -0.1) is 21.6 Å². The highest BCUT2D eigenvalue weighted by Crippen LogP contribution is 2.39. The van der Waals surface area contributed by atoms with Crippen LogP contribution in [0.15, 0.2) is 40.7 Å². The fraction of sp³-hybridized carbons (Fsp3) is 0.154. The molecule has 4 nitrogen and oxygen atoms in total. The molecule has 102 valence electrons. The zero-order chi connectivity index (χ0) is 13.9. The Morgan fingerprint density at radius 2 is 1.80 bits per heavy atom. The van der Waals surface area contributed by atoms with Gasteiger partial charge in [0, 0.05) is 20.8 Å². The maximum Gasteiger partial charge on any atom is 0.230 e. The lowest BCUT2D eigenvalue weighted by atomic mass is 10.4. The molecule has 3 aromatic rings. The van der Waals surface area contributed by atoms with Crippen LogP contribution in [0.2, 0.25) is 0 Å². The van der Waals surface area contributed by atoms with Crippen LogP contribution in [0.1, 0.15) is 4.88 Å². The topological polar surface area (TPSA) is 46.8 Å². The molecule has 3 rings (SSSR count). The number of azo groups is 1. The molecule has 0 atom stereocenters. The van der Waals surface area contributed by atoms with E-state index in [0.717, 1.165) is 14.9 Å². The molecule has 0 amide bonds. The highest BCUT2D eigenvalue weighted by atomic mass is 32.1. The van der Waals surface area contributed by atoms with E-state index in [1.165, 1.54) is 21.1 Å². The first-order valence-corrected chi connectivity index (χ1v) is 8.28. The van der Waals surface area contributed by atoms with Crippen molar-refractivity contribution in [3.05, 3.63) is 35.3 Å². The summed E-state index contributed by atoms with van der Waals surface area (Å²) in [6.07, 6.45) is 1.80. The first-order valence-electron chi connectivity index (χ1n) is 5.83. The van der Waals surface area contributed by atoms with Crippen molar-refractivity contribution in [1.82, 2.24) is 4.98 Å². The van der Waals surface area contributed by atoms with Crippen molar-refractivity contribution in [2.45, 2.75) is 6.92 Å². The van der Waals surface area contributed by atoms with E-state index in [1.54, 1.807) is 36.0 Å². The van der Waals surface area contributed by atoms with Gasteiger partial charge in [0.2, 0.25) is 5.13 Å². The minimum Gasteiger partial charge on any atom is -0.487 e. The molecule has 0 saturated heterocycles. The Labute approximate surface area is 128 Å². The number of ether oxygens (including phenoxy) is 1. The number of thiazole rings is 1. The van der Waals surface area contributed by atoms with Crippen LogP contribution < -0.4 is 4.74 Å². The van der Waals surface area contributed by atoms with E-state index in [1.807, 2.05) is 19.1 Å². The molecule has 0 N–H and O–H groups in total. The van der Waals surface area contributed by atoms with E-state index in [0.29, 0.717) is 5.13 Å². The molecule has 0 aliphatic carbocycles. The summed E-state index contributed by atoms with van der Waals surface area (Å²) >= 11 is 4.76. The monoisotopic (exact) mass is 321 g/mol. The van der Waals surface area contributed by atoms with Gasteiger partial charge in [0.05, 0.1) is 7.11 Å². The Kier molecular flexibility index (Phi) is 3.90. The zero-order valence-corrected chi connectivity index (χ0v) is 13.3. The van der Waals surface area contributed by atoms with Crippen molar-refractivity contribution in [1.29, 1.82) is 0 Å². The van der Waals surface area contributed by atoms with Gasteiger partial charge < -0.3 is 4.74 Å². The Morgan fingerprint density at radius 1 is 1.00 bits per heavy atom. The third-order valence-corrected chi connectivity index (χ3v) is 5.47. The van der Waals surface area contributed by atoms with Gasteiger partial charge in [-0.3, -0.25) is 0 Å². The van der Waals surface area contributed by atoms with E-state index in [-0.39, 0.29) is 0 Å². The van der Waals surface area contributed by atoms with Crippen molar-refractivity contribution < 1.29 is 4.74 Å². The van der Waals surface area contributed by atoms with Gasteiger partial charge in [-0.1, -0.05) is 22.7 Å². The number of hydrogen-bond acceptors (Lipinski definition) is 7. The number of nitrogens with zero attached hydrogens (tertiary/aromatic N) is 3. The lowest BCUT2D eigenvalue weighted by Gasteiger charge is -1.90. The molecule has 0 fully saturated rings. The molecule has 20 heavy (non-hydrogen) atoms. The standard InChI is InChI=1S/C13H11N3OS3/c1-8-7-14-13(18-8)16-15-11-5-3-9(19-11)10-4-6-12(17-2)20-10/h3-7H,1-2H3/b16-15+. The van der Waals surface area contributed by atoms with E-state index in [4.69, 9.17) is 4.74 Å². The molecular formula is C13H11N3OS3. The van der Waals surface area contributed by atoms with Crippen molar-refractivity contribution in [3.63, 3.8) is 0 Å². The summed E-state index contributed by atoms with van der Waals surface area (Å²) < 4.78 is 5.21. The van der Waals surface area contributed by atoms with Gasteiger partial charge in [-0.2, -0.15) is 0 Å². The van der Waals surface area contributed by atoms with Gasteiger partial charge in [-0.25, -0.2) is 4.98 Å². The highest BCUT2D eigenvalue weighted by Gasteiger charge is 2.06. The summed E-state index contributed by atoms with van der Waals surface area (Å²) in [4.78, 5) is 7.64. The molecule has 7 heteroatoms. The van der Waals surface area contributed by atoms with E-state index < -0.39 is 0 Å². The van der Waals surface area contributed by atoms with Gasteiger partial charge in [0.25, 0.3) is 0 Å². The quantitative estimate of drug-likeness (QED) is 0.582. The smallest absolute Gasteiger partial charge is 0.230 e. The maximum absolute atomic E-state index is 5.21. The molecule has 3 heterocycles. The zero-order valence-electron chi connectivity index (χ0n) is 10.9. The minimum absolute atomic E-state index is 0.690. The van der Waals surface area contributed by atoms with Crippen LogP contribution in [-0.2, 0) is 0 Å². The second-order valence-corrected chi connectivity index (χ2v) is 7.24. The summed E-state index contributed by atoms with van der Waals surface area (Å²) in [6, 6.07) is 8.05.